The van der Waals surface area contributed by atoms with E-state index in [1.807, 2.05) is 53.1 Å². The lowest BCUT2D eigenvalue weighted by Gasteiger charge is -2.24. The molecule has 4 aromatic rings. The first-order valence-corrected chi connectivity index (χ1v) is 12.8. The van der Waals surface area contributed by atoms with E-state index in [4.69, 9.17) is 20.4 Å². The number of aromatic nitrogens is 4. The van der Waals surface area contributed by atoms with Crippen molar-refractivity contribution in [3.05, 3.63) is 108 Å². The van der Waals surface area contributed by atoms with E-state index in [1.54, 1.807) is 6.20 Å². The maximum Gasteiger partial charge on any atom is 0.215 e. The smallest absolute Gasteiger partial charge is 0.215 e. The van der Waals surface area contributed by atoms with Crippen molar-refractivity contribution < 1.29 is 9.53 Å². The molecule has 0 saturated carbocycles. The molecule has 0 fully saturated rings. The minimum atomic E-state index is -0.119. The summed E-state index contributed by atoms with van der Waals surface area (Å²) in [4.78, 5) is 26.4. The number of benzene rings is 1. The molecule has 1 atom stereocenters. The van der Waals surface area contributed by atoms with Crippen LogP contribution in [0.1, 0.15) is 24.6 Å². The predicted octanol–water partition coefficient (Wildman–Crippen LogP) is 5.13. The van der Waals surface area contributed by atoms with Crippen LogP contribution in [-0.4, -0.2) is 32.4 Å². The van der Waals surface area contributed by atoms with Crippen molar-refractivity contribution in [3.63, 3.8) is 0 Å². The SMILES string of the molecule is C=C1C(=O)C(NCc2ccc(-n3c(-c4cccnc4N)nc4ccc(C5=CCC(C)C=C5)nc43)cc2)=C1OC. The number of imidazole rings is 1. The summed E-state index contributed by atoms with van der Waals surface area (Å²) >= 11 is 0. The molecule has 0 radical (unpaired) electrons. The van der Waals surface area contributed by atoms with Crippen molar-refractivity contribution in [2.24, 2.45) is 5.92 Å². The van der Waals surface area contributed by atoms with Gasteiger partial charge in [0, 0.05) is 18.4 Å². The number of allylic oxidation sites excluding steroid dienone is 6. The van der Waals surface area contributed by atoms with Crippen LogP contribution in [0.5, 0.6) is 0 Å². The summed E-state index contributed by atoms with van der Waals surface area (Å²) in [6.07, 6.45) is 9.23. The number of Topliss-reactive ketones (excluding diaryl/α,β-unsaturated/α-hetero) is 1. The van der Waals surface area contributed by atoms with Crippen LogP contribution in [0.25, 0.3) is 33.8 Å². The van der Waals surface area contributed by atoms with Crippen LogP contribution in [0.15, 0.2) is 96.6 Å². The number of fused-ring (bicyclic) bond motifs is 1. The molecule has 2 aliphatic carbocycles. The fraction of sp³-hybridized carbons (Fsp3) is 0.161. The molecule has 8 heteroatoms. The molecule has 0 saturated heterocycles. The number of ketones is 1. The van der Waals surface area contributed by atoms with Crippen molar-refractivity contribution in [2.75, 3.05) is 12.8 Å². The van der Waals surface area contributed by atoms with Gasteiger partial charge in [0.15, 0.2) is 17.2 Å². The van der Waals surface area contributed by atoms with Crippen LogP contribution < -0.4 is 11.1 Å². The van der Waals surface area contributed by atoms with E-state index >= 15 is 0 Å². The van der Waals surface area contributed by atoms with Crippen LogP contribution in [0.2, 0.25) is 0 Å². The van der Waals surface area contributed by atoms with E-state index in [2.05, 4.69) is 42.0 Å². The Hall–Kier alpha value is -4.98. The zero-order valence-electron chi connectivity index (χ0n) is 21.8. The quantitative estimate of drug-likeness (QED) is 0.328. The maximum absolute atomic E-state index is 12.1. The van der Waals surface area contributed by atoms with Crippen molar-refractivity contribution in [3.8, 4) is 17.1 Å². The number of nitrogen functional groups attached to an aromatic ring is 1. The molecule has 39 heavy (non-hydrogen) atoms. The van der Waals surface area contributed by atoms with Gasteiger partial charge < -0.3 is 15.8 Å². The van der Waals surface area contributed by atoms with Gasteiger partial charge in [0.2, 0.25) is 5.78 Å². The van der Waals surface area contributed by atoms with Gasteiger partial charge in [0.1, 0.15) is 17.0 Å². The second-order valence-corrected chi connectivity index (χ2v) is 9.71. The van der Waals surface area contributed by atoms with Crippen LogP contribution >= 0.6 is 0 Å². The summed E-state index contributed by atoms with van der Waals surface area (Å²) in [5.74, 6) is 1.98. The number of nitrogens with zero attached hydrogens (tertiary/aromatic N) is 4. The summed E-state index contributed by atoms with van der Waals surface area (Å²) in [6, 6.07) is 15.8. The molecule has 0 bridgehead atoms. The lowest BCUT2D eigenvalue weighted by atomic mass is 9.95. The Kier molecular flexibility index (Phi) is 6.07. The summed E-state index contributed by atoms with van der Waals surface area (Å²) in [5.41, 5.74) is 13.2. The molecule has 194 valence electrons. The summed E-state index contributed by atoms with van der Waals surface area (Å²) < 4.78 is 7.28. The molecule has 3 aromatic heterocycles. The summed E-state index contributed by atoms with van der Waals surface area (Å²) in [5, 5.41) is 3.17. The number of carbonyl (C=O) groups is 1. The van der Waals surface area contributed by atoms with E-state index in [0.717, 1.165) is 45.7 Å². The average molecular weight is 517 g/mol. The fourth-order valence-corrected chi connectivity index (χ4v) is 4.85. The Morgan fingerprint density at radius 2 is 1.97 bits per heavy atom. The molecule has 1 unspecified atom stereocenters. The number of hydrogen-bond donors (Lipinski definition) is 2. The number of rotatable bonds is 7. The van der Waals surface area contributed by atoms with Gasteiger partial charge >= 0.3 is 0 Å². The number of nitrogens with two attached hydrogens (primary N) is 1. The highest BCUT2D eigenvalue weighted by molar-refractivity contribution is 6.18. The standard InChI is InChI=1S/C31H28N6O2/c1-18-6-10-21(11-7-18)24-14-15-25-31(35-24)37(30(36-25)23-5-4-16-33-29(23)32)22-12-8-20(9-13-22)17-34-26-27(38)19(2)28(26)39-3/h4-6,8-16,18,34H,2,7,17H2,1,3H3,(H2,32,33). The minimum absolute atomic E-state index is 0.119. The van der Waals surface area contributed by atoms with Gasteiger partial charge in [-0.3, -0.25) is 9.36 Å². The van der Waals surface area contributed by atoms with Gasteiger partial charge in [0.25, 0.3) is 0 Å². The van der Waals surface area contributed by atoms with Gasteiger partial charge in [0.05, 0.1) is 23.9 Å². The largest absolute Gasteiger partial charge is 0.494 e. The second-order valence-electron chi connectivity index (χ2n) is 9.71. The molecule has 1 aromatic carbocycles. The predicted molar refractivity (Wildman–Crippen MR) is 152 cm³/mol. The molecular weight excluding hydrogens is 488 g/mol. The van der Waals surface area contributed by atoms with Gasteiger partial charge in [-0.1, -0.05) is 43.9 Å². The van der Waals surface area contributed by atoms with Gasteiger partial charge in [-0.25, -0.2) is 15.0 Å². The molecule has 8 nitrogen and oxygen atoms in total. The van der Waals surface area contributed by atoms with Crippen LogP contribution in [0.3, 0.4) is 0 Å². The van der Waals surface area contributed by atoms with E-state index in [9.17, 15) is 4.79 Å². The number of pyridine rings is 2. The highest BCUT2D eigenvalue weighted by Crippen LogP contribution is 2.32. The summed E-state index contributed by atoms with van der Waals surface area (Å²) in [7, 11) is 1.53. The van der Waals surface area contributed by atoms with E-state index < -0.39 is 0 Å². The first-order valence-electron chi connectivity index (χ1n) is 12.8. The number of ether oxygens (including phenoxy) is 1. The molecule has 0 aliphatic heterocycles. The highest BCUT2D eigenvalue weighted by Gasteiger charge is 2.33. The third kappa shape index (κ3) is 4.29. The van der Waals surface area contributed by atoms with Crippen molar-refractivity contribution >= 4 is 28.3 Å². The molecule has 0 amide bonds. The lowest BCUT2D eigenvalue weighted by Crippen LogP contribution is -2.32. The highest BCUT2D eigenvalue weighted by atomic mass is 16.5. The molecular formula is C31H28N6O2. The number of carbonyl (C=O) groups excluding carboxylic acids is 1. The zero-order chi connectivity index (χ0) is 27.1. The molecule has 0 spiro atoms. The lowest BCUT2D eigenvalue weighted by molar-refractivity contribution is -0.114. The topological polar surface area (TPSA) is 108 Å². The first kappa shape index (κ1) is 24.4. The Balaban J connectivity index is 1.40. The van der Waals surface area contributed by atoms with E-state index in [-0.39, 0.29) is 5.78 Å². The third-order valence-corrected chi connectivity index (χ3v) is 7.06. The Bertz CT molecular complexity index is 1730. The first-order chi connectivity index (χ1) is 18.9. The van der Waals surface area contributed by atoms with Gasteiger partial charge in [-0.15, -0.1) is 0 Å². The Morgan fingerprint density at radius 1 is 1.15 bits per heavy atom. The molecule has 2 aliphatic rings. The minimum Gasteiger partial charge on any atom is -0.494 e. The van der Waals surface area contributed by atoms with E-state index in [0.29, 0.717) is 41.1 Å². The third-order valence-electron chi connectivity index (χ3n) is 7.06. The van der Waals surface area contributed by atoms with Crippen LogP contribution in [-0.2, 0) is 16.1 Å². The van der Waals surface area contributed by atoms with Crippen molar-refractivity contribution in [1.29, 1.82) is 0 Å². The number of hydrogen-bond acceptors (Lipinski definition) is 7. The average Bonchev–Trinajstić information content (AvgIpc) is 3.34. The Morgan fingerprint density at radius 3 is 2.69 bits per heavy atom. The van der Waals surface area contributed by atoms with Crippen molar-refractivity contribution in [2.45, 2.75) is 19.9 Å². The zero-order valence-corrected chi connectivity index (χ0v) is 21.8. The molecule has 6 rings (SSSR count). The second kappa shape index (κ2) is 9.72. The molecule has 3 N–H and O–H groups in total. The van der Waals surface area contributed by atoms with Gasteiger partial charge in [-0.05, 0) is 59.9 Å². The monoisotopic (exact) mass is 516 g/mol. The number of anilines is 1. The fourth-order valence-electron chi connectivity index (χ4n) is 4.85. The van der Waals surface area contributed by atoms with Crippen LogP contribution in [0, 0.1) is 5.92 Å². The summed E-state index contributed by atoms with van der Waals surface area (Å²) in [6.45, 7) is 6.40. The number of methoxy groups -OCH3 is 1. The number of nitrogens with one attached hydrogen (secondary N) is 1. The maximum atomic E-state index is 12.1. The van der Waals surface area contributed by atoms with Gasteiger partial charge in [-0.2, -0.15) is 0 Å². The van der Waals surface area contributed by atoms with Crippen LogP contribution in [0.4, 0.5) is 5.82 Å². The normalized spacial score (nSPS) is 16.9. The molecule has 3 heterocycles. The van der Waals surface area contributed by atoms with Crippen molar-refractivity contribution in [1.82, 2.24) is 24.8 Å². The van der Waals surface area contributed by atoms with E-state index in [1.165, 1.54) is 7.11 Å². The Labute approximate surface area is 226 Å².